The Labute approximate surface area is 63.8 Å². The van der Waals surface area contributed by atoms with Gasteiger partial charge in [-0.05, 0) is 26.7 Å². The lowest BCUT2D eigenvalue weighted by Crippen LogP contribution is -2.23. The summed E-state index contributed by atoms with van der Waals surface area (Å²) in [6.07, 6.45) is 2.61. The van der Waals surface area contributed by atoms with Crippen LogP contribution in [0.4, 0.5) is 0 Å². The summed E-state index contributed by atoms with van der Waals surface area (Å²) in [4.78, 5) is 0. The van der Waals surface area contributed by atoms with Crippen molar-refractivity contribution in [2.24, 2.45) is 0 Å². The maximum atomic E-state index is 9.62. The van der Waals surface area contributed by atoms with Crippen LogP contribution in [-0.2, 0) is 0 Å². The van der Waals surface area contributed by atoms with Gasteiger partial charge in [0.25, 0.3) is 0 Å². The molecule has 1 nitrogen and oxygen atoms in total. The molecule has 0 aliphatic rings. The Bertz CT molecular complexity index is 114. The Kier molecular flexibility index (Phi) is 3.66. The zero-order valence-electron chi connectivity index (χ0n) is 7.28. The SMILES string of the molecule is C=C(C)C[C@](C)(O)CCC. The molecule has 0 saturated heterocycles. The van der Waals surface area contributed by atoms with E-state index in [9.17, 15) is 5.11 Å². The Morgan fingerprint density at radius 1 is 1.60 bits per heavy atom. The van der Waals surface area contributed by atoms with Crippen molar-refractivity contribution < 1.29 is 5.11 Å². The molecule has 60 valence electrons. The highest BCUT2D eigenvalue weighted by atomic mass is 16.3. The van der Waals surface area contributed by atoms with Crippen molar-refractivity contribution in [1.82, 2.24) is 0 Å². The van der Waals surface area contributed by atoms with Crippen LogP contribution in [0.25, 0.3) is 0 Å². The highest BCUT2D eigenvalue weighted by Crippen LogP contribution is 2.19. The van der Waals surface area contributed by atoms with E-state index in [1.165, 1.54) is 0 Å². The zero-order chi connectivity index (χ0) is 8.20. The Balaban J connectivity index is 3.74. The molecule has 0 aromatic rings. The van der Waals surface area contributed by atoms with Crippen molar-refractivity contribution in [3.05, 3.63) is 12.2 Å². The largest absolute Gasteiger partial charge is 0.390 e. The van der Waals surface area contributed by atoms with Crippen LogP contribution in [0.5, 0.6) is 0 Å². The van der Waals surface area contributed by atoms with Crippen LogP contribution in [0.2, 0.25) is 0 Å². The lowest BCUT2D eigenvalue weighted by molar-refractivity contribution is 0.0507. The Morgan fingerprint density at radius 3 is 2.40 bits per heavy atom. The number of hydrogen-bond donors (Lipinski definition) is 1. The smallest absolute Gasteiger partial charge is 0.0656 e. The van der Waals surface area contributed by atoms with E-state index in [-0.39, 0.29) is 0 Å². The van der Waals surface area contributed by atoms with Crippen molar-refractivity contribution in [3.63, 3.8) is 0 Å². The topological polar surface area (TPSA) is 20.2 Å². The Hall–Kier alpha value is -0.300. The summed E-state index contributed by atoms with van der Waals surface area (Å²) >= 11 is 0. The van der Waals surface area contributed by atoms with E-state index in [1.54, 1.807) is 0 Å². The number of hydrogen-bond acceptors (Lipinski definition) is 1. The van der Waals surface area contributed by atoms with E-state index in [1.807, 2.05) is 13.8 Å². The Morgan fingerprint density at radius 2 is 2.10 bits per heavy atom. The second-order valence-corrected chi connectivity index (χ2v) is 3.38. The molecule has 0 aliphatic heterocycles. The molecule has 0 radical (unpaired) electrons. The van der Waals surface area contributed by atoms with Gasteiger partial charge >= 0.3 is 0 Å². The summed E-state index contributed by atoms with van der Waals surface area (Å²) in [7, 11) is 0. The molecule has 0 spiro atoms. The van der Waals surface area contributed by atoms with Gasteiger partial charge in [-0.1, -0.05) is 18.9 Å². The molecule has 0 aromatic heterocycles. The zero-order valence-corrected chi connectivity index (χ0v) is 7.28. The summed E-state index contributed by atoms with van der Waals surface area (Å²) in [5, 5.41) is 9.62. The predicted octanol–water partition coefficient (Wildman–Crippen LogP) is 2.50. The van der Waals surface area contributed by atoms with Gasteiger partial charge in [-0.2, -0.15) is 0 Å². The molecular weight excluding hydrogens is 124 g/mol. The minimum Gasteiger partial charge on any atom is -0.390 e. The molecule has 0 bridgehead atoms. The first kappa shape index (κ1) is 9.70. The summed E-state index contributed by atoms with van der Waals surface area (Å²) in [5.41, 5.74) is 0.527. The van der Waals surface area contributed by atoms with Gasteiger partial charge in [0.2, 0.25) is 0 Å². The molecule has 0 fully saturated rings. The van der Waals surface area contributed by atoms with Gasteiger partial charge in [-0.3, -0.25) is 0 Å². The van der Waals surface area contributed by atoms with Crippen LogP contribution in [0.15, 0.2) is 12.2 Å². The van der Waals surface area contributed by atoms with Gasteiger partial charge in [0.05, 0.1) is 5.60 Å². The fraction of sp³-hybridized carbons (Fsp3) is 0.778. The normalized spacial score (nSPS) is 16.4. The minimum absolute atomic E-state index is 0.527. The highest BCUT2D eigenvalue weighted by Gasteiger charge is 2.18. The van der Waals surface area contributed by atoms with Crippen LogP contribution < -0.4 is 0 Å². The summed E-state index contributed by atoms with van der Waals surface area (Å²) in [6, 6.07) is 0. The molecule has 0 amide bonds. The van der Waals surface area contributed by atoms with Gasteiger partial charge < -0.3 is 5.11 Å². The minimum atomic E-state index is -0.527. The van der Waals surface area contributed by atoms with E-state index < -0.39 is 5.60 Å². The molecule has 10 heavy (non-hydrogen) atoms. The maximum Gasteiger partial charge on any atom is 0.0656 e. The van der Waals surface area contributed by atoms with Gasteiger partial charge in [0, 0.05) is 0 Å². The molecule has 0 saturated carbocycles. The second-order valence-electron chi connectivity index (χ2n) is 3.38. The van der Waals surface area contributed by atoms with Crippen molar-refractivity contribution in [2.45, 2.75) is 45.6 Å². The summed E-state index contributed by atoms with van der Waals surface area (Å²) < 4.78 is 0. The third-order valence-electron chi connectivity index (χ3n) is 1.47. The average molecular weight is 142 g/mol. The first-order valence-electron chi connectivity index (χ1n) is 3.84. The van der Waals surface area contributed by atoms with E-state index in [4.69, 9.17) is 0 Å². The van der Waals surface area contributed by atoms with Crippen molar-refractivity contribution in [2.75, 3.05) is 0 Å². The molecule has 1 atom stereocenters. The maximum absolute atomic E-state index is 9.62. The monoisotopic (exact) mass is 142 g/mol. The first-order valence-corrected chi connectivity index (χ1v) is 3.84. The van der Waals surface area contributed by atoms with E-state index in [0.717, 1.165) is 24.8 Å². The van der Waals surface area contributed by atoms with E-state index >= 15 is 0 Å². The van der Waals surface area contributed by atoms with Gasteiger partial charge in [-0.25, -0.2) is 0 Å². The van der Waals surface area contributed by atoms with E-state index in [0.29, 0.717) is 0 Å². The average Bonchev–Trinajstić information content (AvgIpc) is 1.59. The summed E-state index contributed by atoms with van der Waals surface area (Å²) in [5.74, 6) is 0. The van der Waals surface area contributed by atoms with Gasteiger partial charge in [-0.15, -0.1) is 6.58 Å². The molecule has 1 heteroatoms. The van der Waals surface area contributed by atoms with Crippen LogP contribution in [0.1, 0.15) is 40.0 Å². The number of rotatable bonds is 4. The molecular formula is C9H18O. The lowest BCUT2D eigenvalue weighted by atomic mass is 9.93. The molecule has 0 aliphatic carbocycles. The highest BCUT2D eigenvalue weighted by molar-refractivity contribution is 4.95. The quantitative estimate of drug-likeness (QED) is 0.598. The van der Waals surface area contributed by atoms with Crippen molar-refractivity contribution in [3.8, 4) is 0 Å². The van der Waals surface area contributed by atoms with Crippen molar-refractivity contribution in [1.29, 1.82) is 0 Å². The first-order chi connectivity index (χ1) is 4.48. The van der Waals surface area contributed by atoms with Gasteiger partial charge in [0.15, 0.2) is 0 Å². The fourth-order valence-corrected chi connectivity index (χ4v) is 1.28. The van der Waals surface area contributed by atoms with Crippen LogP contribution >= 0.6 is 0 Å². The second kappa shape index (κ2) is 3.77. The molecule has 1 N–H and O–H groups in total. The molecule has 0 unspecified atom stereocenters. The third-order valence-corrected chi connectivity index (χ3v) is 1.47. The van der Waals surface area contributed by atoms with Crippen LogP contribution in [0.3, 0.4) is 0 Å². The predicted molar refractivity (Wildman–Crippen MR) is 45.0 cm³/mol. The molecule has 0 rings (SSSR count). The summed E-state index contributed by atoms with van der Waals surface area (Å²) in [6.45, 7) is 9.65. The number of aliphatic hydroxyl groups is 1. The van der Waals surface area contributed by atoms with Crippen LogP contribution in [0, 0.1) is 0 Å². The third kappa shape index (κ3) is 4.57. The molecule has 0 heterocycles. The fourth-order valence-electron chi connectivity index (χ4n) is 1.28. The lowest BCUT2D eigenvalue weighted by Gasteiger charge is -2.22. The standard InChI is InChI=1S/C9H18O/c1-5-6-9(4,10)7-8(2)3/h10H,2,5-7H2,1,3-4H3/t9-/m1/s1. The van der Waals surface area contributed by atoms with Crippen LogP contribution in [-0.4, -0.2) is 10.7 Å². The van der Waals surface area contributed by atoms with Gasteiger partial charge in [0.1, 0.15) is 0 Å². The van der Waals surface area contributed by atoms with Crippen molar-refractivity contribution >= 4 is 0 Å². The molecule has 0 aromatic carbocycles. The van der Waals surface area contributed by atoms with E-state index in [2.05, 4.69) is 13.5 Å².